The minimum atomic E-state index is -0.352. The van der Waals surface area contributed by atoms with Gasteiger partial charge in [0.1, 0.15) is 10.7 Å². The van der Waals surface area contributed by atoms with Crippen molar-refractivity contribution in [2.75, 3.05) is 11.4 Å². The molecule has 0 heterocycles. The van der Waals surface area contributed by atoms with Gasteiger partial charge in [-0.15, -0.1) is 0 Å². The molecule has 1 aromatic carbocycles. The number of benzene rings is 1. The highest BCUT2D eigenvalue weighted by atomic mass is 35.5. The first-order valence-electron chi connectivity index (χ1n) is 7.70. The molecule has 0 bridgehead atoms. The molecule has 1 fully saturated rings. The molecule has 2 rings (SSSR count). The highest BCUT2D eigenvalue weighted by molar-refractivity contribution is 6.33. The molecule has 21 heavy (non-hydrogen) atoms. The lowest BCUT2D eigenvalue weighted by Gasteiger charge is -2.31. The quantitative estimate of drug-likeness (QED) is 0.546. The fraction of sp³-hybridized carbons (Fsp3) is 0.625. The van der Waals surface area contributed by atoms with E-state index in [9.17, 15) is 10.1 Å². The third-order valence-electron chi connectivity index (χ3n) is 4.17. The smallest absolute Gasteiger partial charge is 0.310 e. The van der Waals surface area contributed by atoms with Crippen LogP contribution in [0.4, 0.5) is 11.4 Å². The van der Waals surface area contributed by atoms with Crippen molar-refractivity contribution in [3.8, 4) is 0 Å². The fourth-order valence-corrected chi connectivity index (χ4v) is 3.27. The lowest BCUT2D eigenvalue weighted by Crippen LogP contribution is -2.35. The van der Waals surface area contributed by atoms with Gasteiger partial charge in [0, 0.05) is 12.6 Å². The van der Waals surface area contributed by atoms with Crippen LogP contribution in [0.2, 0.25) is 5.02 Å². The van der Waals surface area contributed by atoms with E-state index in [1.54, 1.807) is 6.07 Å². The van der Waals surface area contributed by atoms with Crippen LogP contribution in [0.25, 0.3) is 0 Å². The lowest BCUT2D eigenvalue weighted by atomic mass is 10.1. The molecule has 1 saturated carbocycles. The fourth-order valence-electron chi connectivity index (χ4n) is 3.03. The maximum Gasteiger partial charge on any atom is 0.310 e. The minimum absolute atomic E-state index is 0.0508. The number of nitro benzene ring substituents is 1. The molecule has 0 aliphatic heterocycles. The highest BCUT2D eigenvalue weighted by Gasteiger charge is 2.29. The van der Waals surface area contributed by atoms with Crippen molar-refractivity contribution >= 4 is 23.0 Å². The Bertz CT molecular complexity index is 499. The van der Waals surface area contributed by atoms with E-state index in [0.717, 1.165) is 25.8 Å². The standard InChI is InChI=1S/C16H23ClN2O2/c1-12(2)10-11-18(13-6-3-4-7-13)15-9-5-8-14(17)16(15)19(20)21/h5,8-9,12-13H,3-4,6-7,10-11H2,1-2H3. The number of nitro groups is 1. The van der Waals surface area contributed by atoms with Gasteiger partial charge in [-0.05, 0) is 37.3 Å². The van der Waals surface area contributed by atoms with Crippen molar-refractivity contribution in [1.82, 2.24) is 0 Å². The number of rotatable bonds is 6. The van der Waals surface area contributed by atoms with Gasteiger partial charge in [0.2, 0.25) is 0 Å². The Kier molecular flexibility index (Phi) is 5.45. The molecule has 116 valence electrons. The van der Waals surface area contributed by atoms with Crippen molar-refractivity contribution in [2.24, 2.45) is 5.92 Å². The van der Waals surface area contributed by atoms with E-state index >= 15 is 0 Å². The normalized spacial score (nSPS) is 15.6. The van der Waals surface area contributed by atoms with Crippen molar-refractivity contribution in [2.45, 2.75) is 52.0 Å². The number of para-hydroxylation sites is 1. The zero-order valence-corrected chi connectivity index (χ0v) is 13.5. The summed E-state index contributed by atoms with van der Waals surface area (Å²) in [6.45, 7) is 5.21. The minimum Gasteiger partial charge on any atom is -0.363 e. The van der Waals surface area contributed by atoms with Crippen LogP contribution in [0.3, 0.4) is 0 Å². The summed E-state index contributed by atoms with van der Waals surface area (Å²) in [5.74, 6) is 0.576. The van der Waals surface area contributed by atoms with Gasteiger partial charge in [-0.25, -0.2) is 0 Å². The van der Waals surface area contributed by atoms with E-state index < -0.39 is 0 Å². The Morgan fingerprint density at radius 2 is 2.05 bits per heavy atom. The average Bonchev–Trinajstić information content (AvgIpc) is 2.92. The van der Waals surface area contributed by atoms with Crippen molar-refractivity contribution < 1.29 is 4.92 Å². The number of nitrogens with zero attached hydrogens (tertiary/aromatic N) is 2. The van der Waals surface area contributed by atoms with Crippen LogP contribution >= 0.6 is 11.6 Å². The molecule has 0 spiro atoms. The van der Waals surface area contributed by atoms with Crippen LogP contribution in [0.15, 0.2) is 18.2 Å². The number of anilines is 1. The summed E-state index contributed by atoms with van der Waals surface area (Å²) < 4.78 is 0. The van der Waals surface area contributed by atoms with Crippen LogP contribution < -0.4 is 4.90 Å². The average molecular weight is 311 g/mol. The first-order valence-corrected chi connectivity index (χ1v) is 8.08. The zero-order valence-electron chi connectivity index (χ0n) is 12.7. The van der Waals surface area contributed by atoms with E-state index in [0.29, 0.717) is 17.6 Å². The maximum atomic E-state index is 11.4. The topological polar surface area (TPSA) is 46.4 Å². The zero-order chi connectivity index (χ0) is 15.4. The summed E-state index contributed by atoms with van der Waals surface area (Å²) in [5.41, 5.74) is 0.731. The van der Waals surface area contributed by atoms with Crippen molar-refractivity contribution in [3.63, 3.8) is 0 Å². The van der Waals surface area contributed by atoms with Crippen LogP contribution in [0.1, 0.15) is 46.0 Å². The number of hydrogen-bond acceptors (Lipinski definition) is 3. The molecule has 5 heteroatoms. The van der Waals surface area contributed by atoms with E-state index in [4.69, 9.17) is 11.6 Å². The van der Waals surface area contributed by atoms with E-state index in [1.165, 1.54) is 12.8 Å². The Hall–Kier alpha value is -1.29. The molecule has 1 aliphatic rings. The Balaban J connectivity index is 2.35. The first-order chi connectivity index (χ1) is 10.0. The molecule has 0 unspecified atom stereocenters. The molecule has 4 nitrogen and oxygen atoms in total. The van der Waals surface area contributed by atoms with Crippen LogP contribution in [0, 0.1) is 16.0 Å². The molecule has 1 aromatic rings. The first kappa shape index (κ1) is 16.1. The number of hydrogen-bond donors (Lipinski definition) is 0. The van der Waals surface area contributed by atoms with Gasteiger partial charge in [-0.2, -0.15) is 0 Å². The van der Waals surface area contributed by atoms with E-state index in [2.05, 4.69) is 18.7 Å². The van der Waals surface area contributed by atoms with Gasteiger partial charge in [-0.1, -0.05) is 44.4 Å². The van der Waals surface area contributed by atoms with Gasteiger partial charge < -0.3 is 4.90 Å². The summed E-state index contributed by atoms with van der Waals surface area (Å²) in [6, 6.07) is 5.64. The summed E-state index contributed by atoms with van der Waals surface area (Å²) in [4.78, 5) is 13.3. The van der Waals surface area contributed by atoms with E-state index in [-0.39, 0.29) is 15.6 Å². The monoisotopic (exact) mass is 310 g/mol. The summed E-state index contributed by atoms with van der Waals surface area (Å²) >= 11 is 6.07. The third kappa shape index (κ3) is 3.88. The molecule has 0 aromatic heterocycles. The Labute approximate surface area is 131 Å². The predicted octanol–water partition coefficient (Wildman–Crippen LogP) is 5.04. The van der Waals surface area contributed by atoms with Crippen molar-refractivity contribution in [3.05, 3.63) is 33.3 Å². The molecule has 0 amide bonds. The molecular weight excluding hydrogens is 288 g/mol. The van der Waals surface area contributed by atoms with Gasteiger partial charge in [-0.3, -0.25) is 10.1 Å². The molecule has 1 aliphatic carbocycles. The second-order valence-corrected chi connectivity index (χ2v) is 6.59. The lowest BCUT2D eigenvalue weighted by molar-refractivity contribution is -0.384. The van der Waals surface area contributed by atoms with Crippen molar-refractivity contribution in [1.29, 1.82) is 0 Å². The molecule has 0 N–H and O–H groups in total. The van der Waals surface area contributed by atoms with Crippen LogP contribution in [-0.2, 0) is 0 Å². The maximum absolute atomic E-state index is 11.4. The number of halogens is 1. The predicted molar refractivity (Wildman–Crippen MR) is 87.2 cm³/mol. The van der Waals surface area contributed by atoms with Gasteiger partial charge in [0.25, 0.3) is 0 Å². The van der Waals surface area contributed by atoms with Gasteiger partial charge in [0.15, 0.2) is 0 Å². The molecule has 0 atom stereocenters. The highest BCUT2D eigenvalue weighted by Crippen LogP contribution is 2.38. The Morgan fingerprint density at radius 1 is 1.38 bits per heavy atom. The molecule has 0 saturated heterocycles. The summed E-state index contributed by atoms with van der Waals surface area (Å²) in [5, 5.41) is 11.6. The molecular formula is C16H23ClN2O2. The Morgan fingerprint density at radius 3 is 2.62 bits per heavy atom. The van der Waals surface area contributed by atoms with Gasteiger partial charge >= 0.3 is 5.69 Å². The second kappa shape index (κ2) is 7.12. The SMILES string of the molecule is CC(C)CCN(c1cccc(Cl)c1[N+](=O)[O-])C1CCCC1. The third-order valence-corrected chi connectivity index (χ3v) is 4.48. The van der Waals surface area contributed by atoms with Crippen LogP contribution in [0.5, 0.6) is 0 Å². The van der Waals surface area contributed by atoms with Crippen LogP contribution in [-0.4, -0.2) is 17.5 Å². The van der Waals surface area contributed by atoms with Gasteiger partial charge in [0.05, 0.1) is 4.92 Å². The largest absolute Gasteiger partial charge is 0.363 e. The molecule has 0 radical (unpaired) electrons. The van der Waals surface area contributed by atoms with E-state index in [1.807, 2.05) is 12.1 Å². The summed E-state index contributed by atoms with van der Waals surface area (Å²) in [7, 11) is 0. The summed E-state index contributed by atoms with van der Waals surface area (Å²) in [6.07, 6.45) is 5.66. The second-order valence-electron chi connectivity index (χ2n) is 6.18.